The van der Waals surface area contributed by atoms with Gasteiger partial charge in [-0.2, -0.15) is 0 Å². The van der Waals surface area contributed by atoms with Crippen LogP contribution in [0.4, 0.5) is 4.79 Å². The molecule has 8 nitrogen and oxygen atoms in total. The van der Waals surface area contributed by atoms with Crippen LogP contribution in [0, 0.1) is 0 Å². The summed E-state index contributed by atoms with van der Waals surface area (Å²) in [7, 11) is 1.62. The lowest BCUT2D eigenvalue weighted by Gasteiger charge is -2.23. The number of carbonyl (C=O) groups is 3. The quantitative estimate of drug-likeness (QED) is 0.764. The fourth-order valence-corrected chi connectivity index (χ4v) is 3.30. The summed E-state index contributed by atoms with van der Waals surface area (Å²) in [5.41, 5.74) is 0.397. The van der Waals surface area contributed by atoms with E-state index in [1.807, 2.05) is 29.2 Å². The molecule has 0 radical (unpaired) electrons. The molecule has 1 aromatic rings. The van der Waals surface area contributed by atoms with Crippen LogP contribution in [0.1, 0.15) is 39.2 Å². The van der Waals surface area contributed by atoms with E-state index in [1.165, 1.54) is 0 Å². The van der Waals surface area contributed by atoms with Gasteiger partial charge < -0.3 is 24.6 Å². The smallest absolute Gasteiger partial charge is 0.408 e. The van der Waals surface area contributed by atoms with Gasteiger partial charge in [0.1, 0.15) is 17.9 Å². The number of hydrogen-bond donors (Lipinski definition) is 1. The third kappa shape index (κ3) is 7.57. The third-order valence-corrected chi connectivity index (χ3v) is 4.78. The molecule has 8 heteroatoms. The van der Waals surface area contributed by atoms with Crippen molar-refractivity contribution in [2.75, 3.05) is 39.8 Å². The number of rotatable bonds is 6. The normalized spacial score (nSPS) is 14.7. The Bertz CT molecular complexity index is 745. The summed E-state index contributed by atoms with van der Waals surface area (Å²) in [5.74, 6) is 0.682. The van der Waals surface area contributed by atoms with Crippen LogP contribution in [0.2, 0.25) is 0 Å². The molecule has 1 N–H and O–H groups in total. The van der Waals surface area contributed by atoms with Crippen LogP contribution < -0.4 is 10.1 Å². The molecule has 166 valence electrons. The summed E-state index contributed by atoms with van der Waals surface area (Å²) in [5, 5.41) is 2.50. The molecule has 0 saturated carbocycles. The van der Waals surface area contributed by atoms with E-state index < -0.39 is 11.7 Å². The van der Waals surface area contributed by atoms with E-state index in [9.17, 15) is 14.4 Å². The Kier molecular flexibility index (Phi) is 8.50. The molecule has 1 heterocycles. The van der Waals surface area contributed by atoms with Gasteiger partial charge in [0, 0.05) is 32.6 Å². The fourth-order valence-electron chi connectivity index (χ4n) is 3.30. The van der Waals surface area contributed by atoms with Gasteiger partial charge >= 0.3 is 6.09 Å². The van der Waals surface area contributed by atoms with E-state index >= 15 is 0 Å². The molecular weight excluding hydrogens is 386 g/mol. The van der Waals surface area contributed by atoms with Gasteiger partial charge in [-0.25, -0.2) is 4.79 Å². The minimum absolute atomic E-state index is 0.0714. The number of aryl methyl sites for hydroxylation is 1. The zero-order valence-corrected chi connectivity index (χ0v) is 18.4. The molecule has 1 fully saturated rings. The largest absolute Gasteiger partial charge is 0.496 e. The van der Waals surface area contributed by atoms with Crippen molar-refractivity contribution in [3.05, 3.63) is 29.8 Å². The average molecular weight is 420 g/mol. The third-order valence-electron chi connectivity index (χ3n) is 4.78. The topological polar surface area (TPSA) is 88.2 Å². The van der Waals surface area contributed by atoms with Crippen LogP contribution in [-0.2, 0) is 20.7 Å². The minimum atomic E-state index is -0.612. The second-order valence-electron chi connectivity index (χ2n) is 8.28. The van der Waals surface area contributed by atoms with Gasteiger partial charge in [-0.05, 0) is 45.2 Å². The van der Waals surface area contributed by atoms with Crippen molar-refractivity contribution in [1.29, 1.82) is 0 Å². The molecule has 1 aliphatic rings. The highest BCUT2D eigenvalue weighted by atomic mass is 16.6. The Morgan fingerprint density at radius 2 is 1.63 bits per heavy atom. The molecule has 0 aromatic heterocycles. The molecule has 0 atom stereocenters. The molecule has 0 bridgehead atoms. The van der Waals surface area contributed by atoms with Crippen LogP contribution in [-0.4, -0.2) is 73.1 Å². The molecule has 0 aliphatic carbocycles. The highest BCUT2D eigenvalue weighted by molar-refractivity contribution is 5.82. The van der Waals surface area contributed by atoms with Crippen LogP contribution in [0.25, 0.3) is 0 Å². The molecule has 0 unspecified atom stereocenters. The summed E-state index contributed by atoms with van der Waals surface area (Å²) in [6.45, 7) is 7.31. The van der Waals surface area contributed by atoms with Gasteiger partial charge in [-0.3, -0.25) is 9.59 Å². The van der Waals surface area contributed by atoms with Gasteiger partial charge in [-0.15, -0.1) is 0 Å². The van der Waals surface area contributed by atoms with E-state index in [0.717, 1.165) is 11.3 Å². The number of carbonyl (C=O) groups excluding carboxylic acids is 3. The van der Waals surface area contributed by atoms with E-state index in [-0.39, 0.29) is 18.4 Å². The summed E-state index contributed by atoms with van der Waals surface area (Å²) < 4.78 is 10.5. The summed E-state index contributed by atoms with van der Waals surface area (Å²) in [6.07, 6.45) is 1.10. The SMILES string of the molecule is COc1ccccc1CCC(=O)N1CCCN(C(=O)CNC(=O)OC(C)(C)C)CC1. The number of benzene rings is 1. The average Bonchev–Trinajstić information content (AvgIpc) is 2.95. The highest BCUT2D eigenvalue weighted by Gasteiger charge is 2.23. The van der Waals surface area contributed by atoms with Gasteiger partial charge in [-0.1, -0.05) is 18.2 Å². The van der Waals surface area contributed by atoms with Crippen molar-refractivity contribution < 1.29 is 23.9 Å². The number of methoxy groups -OCH3 is 1. The van der Waals surface area contributed by atoms with Crippen LogP contribution in [0.15, 0.2) is 24.3 Å². The molecule has 1 saturated heterocycles. The van der Waals surface area contributed by atoms with E-state index in [0.29, 0.717) is 45.4 Å². The van der Waals surface area contributed by atoms with Gasteiger partial charge in [0.25, 0.3) is 0 Å². The first-order valence-corrected chi connectivity index (χ1v) is 10.3. The van der Waals surface area contributed by atoms with Crippen LogP contribution >= 0.6 is 0 Å². The lowest BCUT2D eigenvalue weighted by atomic mass is 10.1. The maximum absolute atomic E-state index is 12.7. The zero-order chi connectivity index (χ0) is 22.1. The molecular formula is C22H33N3O5. The number of alkyl carbamates (subject to hydrolysis) is 1. The Morgan fingerprint density at radius 1 is 1.00 bits per heavy atom. The van der Waals surface area contributed by atoms with E-state index in [4.69, 9.17) is 9.47 Å². The van der Waals surface area contributed by atoms with Crippen LogP contribution in [0.3, 0.4) is 0 Å². The summed E-state index contributed by atoms with van der Waals surface area (Å²) in [6, 6.07) is 7.69. The maximum Gasteiger partial charge on any atom is 0.408 e. The Labute approximate surface area is 178 Å². The maximum atomic E-state index is 12.7. The number of para-hydroxylation sites is 1. The Hall–Kier alpha value is -2.77. The number of ether oxygens (including phenoxy) is 2. The predicted molar refractivity (Wildman–Crippen MR) is 113 cm³/mol. The number of nitrogens with one attached hydrogen (secondary N) is 1. The van der Waals surface area contributed by atoms with Gasteiger partial charge in [0.15, 0.2) is 0 Å². The summed E-state index contributed by atoms with van der Waals surface area (Å²) >= 11 is 0. The second-order valence-corrected chi connectivity index (χ2v) is 8.28. The Balaban J connectivity index is 1.79. The first-order chi connectivity index (χ1) is 14.2. The van der Waals surface area contributed by atoms with Gasteiger partial charge in [0.2, 0.25) is 11.8 Å². The fraction of sp³-hybridized carbons (Fsp3) is 0.591. The first kappa shape index (κ1) is 23.5. The predicted octanol–water partition coefficient (Wildman–Crippen LogP) is 2.21. The lowest BCUT2D eigenvalue weighted by molar-refractivity contribution is -0.133. The van der Waals surface area contributed by atoms with Gasteiger partial charge in [0.05, 0.1) is 7.11 Å². The highest BCUT2D eigenvalue weighted by Crippen LogP contribution is 2.19. The monoisotopic (exact) mass is 419 g/mol. The second kappa shape index (κ2) is 10.8. The minimum Gasteiger partial charge on any atom is -0.496 e. The van der Waals surface area contributed by atoms with Crippen molar-refractivity contribution >= 4 is 17.9 Å². The van der Waals surface area contributed by atoms with Crippen molar-refractivity contribution in [2.45, 2.75) is 45.6 Å². The zero-order valence-electron chi connectivity index (χ0n) is 18.4. The molecule has 0 spiro atoms. The van der Waals surface area contributed by atoms with Crippen molar-refractivity contribution in [2.24, 2.45) is 0 Å². The van der Waals surface area contributed by atoms with Crippen molar-refractivity contribution in [1.82, 2.24) is 15.1 Å². The number of hydrogen-bond acceptors (Lipinski definition) is 5. The number of nitrogens with zero attached hydrogens (tertiary/aromatic N) is 2. The van der Waals surface area contributed by atoms with E-state index in [2.05, 4.69) is 5.32 Å². The van der Waals surface area contributed by atoms with Crippen LogP contribution in [0.5, 0.6) is 5.75 Å². The summed E-state index contributed by atoms with van der Waals surface area (Å²) in [4.78, 5) is 40.3. The lowest BCUT2D eigenvalue weighted by Crippen LogP contribution is -2.43. The molecule has 3 amide bonds. The standard InChI is InChI=1S/C22H33N3O5/c1-22(2,3)30-21(28)23-16-20(27)25-13-7-12-24(14-15-25)19(26)11-10-17-8-5-6-9-18(17)29-4/h5-6,8-9H,7,10-16H2,1-4H3,(H,23,28). The molecule has 2 rings (SSSR count). The Morgan fingerprint density at radius 3 is 2.27 bits per heavy atom. The number of amides is 3. The molecule has 1 aliphatic heterocycles. The molecule has 1 aromatic carbocycles. The van der Waals surface area contributed by atoms with E-state index in [1.54, 1.807) is 32.8 Å². The molecule has 30 heavy (non-hydrogen) atoms. The first-order valence-electron chi connectivity index (χ1n) is 10.3. The van der Waals surface area contributed by atoms with Crippen molar-refractivity contribution in [3.8, 4) is 5.75 Å². The van der Waals surface area contributed by atoms with Crippen molar-refractivity contribution in [3.63, 3.8) is 0 Å².